The summed E-state index contributed by atoms with van der Waals surface area (Å²) in [5.41, 5.74) is 1.47. The van der Waals surface area contributed by atoms with E-state index in [0.717, 1.165) is 22.4 Å². The van der Waals surface area contributed by atoms with Crippen LogP contribution in [0.4, 0.5) is 11.4 Å². The summed E-state index contributed by atoms with van der Waals surface area (Å²) in [5.74, 6) is 0.0271. The molecule has 0 spiro atoms. The molecule has 0 atom stereocenters. The number of halogens is 1. The number of likely N-dealkylation sites (N-methyl/N-ethyl adjacent to an activating group) is 1. The molecule has 3 rings (SSSR count). The first kappa shape index (κ1) is 18.1. The van der Waals surface area contributed by atoms with Gasteiger partial charge in [-0.1, -0.05) is 12.1 Å². The van der Waals surface area contributed by atoms with Gasteiger partial charge >= 0.3 is 0 Å². The van der Waals surface area contributed by atoms with Gasteiger partial charge in [0.05, 0.1) is 21.7 Å². The van der Waals surface area contributed by atoms with Crippen LogP contribution in [0.15, 0.2) is 40.2 Å². The van der Waals surface area contributed by atoms with E-state index in [0.29, 0.717) is 18.7 Å². The van der Waals surface area contributed by atoms with Crippen molar-refractivity contribution < 1.29 is 9.59 Å². The molecule has 25 heavy (non-hydrogen) atoms. The first-order valence-corrected chi connectivity index (χ1v) is 9.76. The van der Waals surface area contributed by atoms with Crippen molar-refractivity contribution in [1.82, 2.24) is 4.90 Å². The molecule has 5 nitrogen and oxygen atoms in total. The fraction of sp³-hybridized carbons (Fsp3) is 0.333. The summed E-state index contributed by atoms with van der Waals surface area (Å²) in [6.45, 7) is 1.71. The zero-order valence-electron chi connectivity index (χ0n) is 14.0. The second-order valence-corrected chi connectivity index (χ2v) is 8.64. The average Bonchev–Trinajstić information content (AvgIpc) is 3.16. The topological polar surface area (TPSA) is 52.7 Å². The van der Waals surface area contributed by atoms with Crippen molar-refractivity contribution in [3.05, 3.63) is 45.1 Å². The van der Waals surface area contributed by atoms with E-state index in [4.69, 9.17) is 0 Å². The summed E-state index contributed by atoms with van der Waals surface area (Å²) >= 11 is 5.12. The van der Waals surface area contributed by atoms with E-state index in [-0.39, 0.29) is 18.4 Å². The molecule has 1 aromatic heterocycles. The van der Waals surface area contributed by atoms with E-state index in [2.05, 4.69) is 27.3 Å². The number of rotatable bonds is 6. The van der Waals surface area contributed by atoms with Crippen LogP contribution < -0.4 is 10.2 Å². The normalized spacial score (nSPS) is 14.4. The summed E-state index contributed by atoms with van der Waals surface area (Å²) in [5, 5.41) is 2.95. The third-order valence-corrected chi connectivity index (χ3v) is 5.62. The first-order chi connectivity index (χ1) is 12.0. The fourth-order valence-electron chi connectivity index (χ4n) is 2.91. The Labute approximate surface area is 159 Å². The van der Waals surface area contributed by atoms with Gasteiger partial charge in [-0.15, -0.1) is 11.3 Å². The number of para-hydroxylation sites is 2. The van der Waals surface area contributed by atoms with E-state index in [1.807, 2.05) is 42.3 Å². The Morgan fingerprint density at radius 3 is 2.80 bits per heavy atom. The van der Waals surface area contributed by atoms with Crippen LogP contribution >= 0.6 is 27.3 Å². The average molecular weight is 422 g/mol. The Kier molecular flexibility index (Phi) is 5.88. The van der Waals surface area contributed by atoms with E-state index in [1.165, 1.54) is 4.88 Å². The number of amides is 2. The molecule has 0 bridgehead atoms. The molecule has 2 amide bonds. The lowest BCUT2D eigenvalue weighted by molar-refractivity contribution is -0.118. The monoisotopic (exact) mass is 421 g/mol. The number of benzene rings is 1. The SMILES string of the molecule is CN(CC(=O)Nc1ccccc1N1CCCC1=O)Cc1ccc(Br)s1. The number of anilines is 2. The molecule has 0 unspecified atom stereocenters. The van der Waals surface area contributed by atoms with Crippen LogP contribution in [0, 0.1) is 0 Å². The minimum Gasteiger partial charge on any atom is -0.323 e. The molecule has 1 aromatic carbocycles. The fourth-order valence-corrected chi connectivity index (χ4v) is 4.47. The summed E-state index contributed by atoms with van der Waals surface area (Å²) in [4.78, 5) is 29.3. The van der Waals surface area contributed by atoms with Crippen molar-refractivity contribution in [3.8, 4) is 0 Å². The maximum atomic E-state index is 12.4. The predicted molar refractivity (Wildman–Crippen MR) is 105 cm³/mol. The molecule has 2 heterocycles. The summed E-state index contributed by atoms with van der Waals surface area (Å²) in [7, 11) is 1.92. The zero-order valence-corrected chi connectivity index (χ0v) is 16.4. The summed E-state index contributed by atoms with van der Waals surface area (Å²) in [6, 6.07) is 11.5. The van der Waals surface area contributed by atoms with Gasteiger partial charge in [-0.25, -0.2) is 0 Å². The second kappa shape index (κ2) is 8.12. The first-order valence-electron chi connectivity index (χ1n) is 8.15. The number of hydrogen-bond donors (Lipinski definition) is 1. The number of nitrogens with one attached hydrogen (secondary N) is 1. The molecule has 2 aromatic rings. The molecular formula is C18H20BrN3O2S. The number of nitrogens with zero attached hydrogens (tertiary/aromatic N) is 2. The van der Waals surface area contributed by atoms with Crippen LogP contribution in [0.25, 0.3) is 0 Å². The Bertz CT molecular complexity index is 777. The quantitative estimate of drug-likeness (QED) is 0.773. The molecule has 1 aliphatic rings. The van der Waals surface area contributed by atoms with Crippen molar-refractivity contribution in [3.63, 3.8) is 0 Å². The predicted octanol–water partition coefficient (Wildman–Crippen LogP) is 3.71. The molecule has 0 radical (unpaired) electrons. The number of carbonyl (C=O) groups excluding carboxylic acids is 2. The number of carbonyl (C=O) groups is 2. The van der Waals surface area contributed by atoms with Crippen molar-refractivity contribution in [1.29, 1.82) is 0 Å². The van der Waals surface area contributed by atoms with Gasteiger partial charge in [0.2, 0.25) is 11.8 Å². The smallest absolute Gasteiger partial charge is 0.238 e. The Balaban J connectivity index is 1.62. The van der Waals surface area contributed by atoms with Gasteiger partial charge in [-0.05, 0) is 53.7 Å². The third kappa shape index (κ3) is 4.68. The van der Waals surface area contributed by atoms with Crippen LogP contribution in [-0.4, -0.2) is 36.9 Å². The van der Waals surface area contributed by atoms with E-state index in [1.54, 1.807) is 16.2 Å². The summed E-state index contributed by atoms with van der Waals surface area (Å²) < 4.78 is 1.09. The van der Waals surface area contributed by atoms with Gasteiger partial charge in [-0.3, -0.25) is 14.5 Å². The molecule has 0 saturated carbocycles. The van der Waals surface area contributed by atoms with Crippen molar-refractivity contribution >= 4 is 50.5 Å². The van der Waals surface area contributed by atoms with Crippen LogP contribution in [0.2, 0.25) is 0 Å². The third-order valence-electron chi connectivity index (χ3n) is 4.01. The Morgan fingerprint density at radius 1 is 1.32 bits per heavy atom. The zero-order chi connectivity index (χ0) is 17.8. The molecule has 1 aliphatic heterocycles. The minimum atomic E-state index is -0.0859. The molecule has 0 aliphatic carbocycles. The molecule has 1 fully saturated rings. The van der Waals surface area contributed by atoms with Gasteiger partial charge in [0.1, 0.15) is 0 Å². The van der Waals surface area contributed by atoms with Gasteiger partial charge in [0, 0.05) is 24.4 Å². The van der Waals surface area contributed by atoms with Gasteiger partial charge in [-0.2, -0.15) is 0 Å². The highest BCUT2D eigenvalue weighted by molar-refractivity contribution is 9.11. The number of hydrogen-bond acceptors (Lipinski definition) is 4. The van der Waals surface area contributed by atoms with E-state index in [9.17, 15) is 9.59 Å². The van der Waals surface area contributed by atoms with Crippen LogP contribution in [0.3, 0.4) is 0 Å². The van der Waals surface area contributed by atoms with Crippen LogP contribution in [0.5, 0.6) is 0 Å². The lowest BCUT2D eigenvalue weighted by Gasteiger charge is -2.21. The van der Waals surface area contributed by atoms with Crippen LogP contribution in [-0.2, 0) is 16.1 Å². The lowest BCUT2D eigenvalue weighted by Crippen LogP contribution is -2.31. The van der Waals surface area contributed by atoms with Gasteiger partial charge in [0.25, 0.3) is 0 Å². The second-order valence-electron chi connectivity index (χ2n) is 6.09. The Hall–Kier alpha value is -1.70. The minimum absolute atomic E-state index is 0.0859. The molecule has 1 N–H and O–H groups in total. The summed E-state index contributed by atoms with van der Waals surface area (Å²) in [6.07, 6.45) is 1.43. The van der Waals surface area contributed by atoms with E-state index < -0.39 is 0 Å². The molecule has 1 saturated heterocycles. The van der Waals surface area contributed by atoms with Gasteiger partial charge in [0.15, 0.2) is 0 Å². The van der Waals surface area contributed by atoms with Gasteiger partial charge < -0.3 is 10.2 Å². The standard InChI is InChI=1S/C18H20BrN3O2S/c1-21(11-13-8-9-16(19)25-13)12-17(23)20-14-5-2-3-6-15(14)22-10-4-7-18(22)24/h2-3,5-6,8-9H,4,7,10-12H2,1H3,(H,20,23). The lowest BCUT2D eigenvalue weighted by atomic mass is 10.2. The van der Waals surface area contributed by atoms with Crippen molar-refractivity contribution in [2.24, 2.45) is 0 Å². The Morgan fingerprint density at radius 2 is 2.12 bits per heavy atom. The maximum absolute atomic E-state index is 12.4. The highest BCUT2D eigenvalue weighted by Gasteiger charge is 2.24. The molecule has 132 valence electrons. The highest BCUT2D eigenvalue weighted by Crippen LogP contribution is 2.29. The maximum Gasteiger partial charge on any atom is 0.238 e. The molecular weight excluding hydrogens is 402 g/mol. The number of thiophene rings is 1. The van der Waals surface area contributed by atoms with Crippen molar-refractivity contribution in [2.45, 2.75) is 19.4 Å². The van der Waals surface area contributed by atoms with E-state index >= 15 is 0 Å². The molecule has 7 heteroatoms. The largest absolute Gasteiger partial charge is 0.323 e. The highest BCUT2D eigenvalue weighted by atomic mass is 79.9. The van der Waals surface area contributed by atoms with Crippen LogP contribution in [0.1, 0.15) is 17.7 Å². The van der Waals surface area contributed by atoms with Crippen molar-refractivity contribution in [2.75, 3.05) is 30.4 Å².